The molecular formula is C25H29N9O2. The van der Waals surface area contributed by atoms with E-state index in [4.69, 9.17) is 10.1 Å². The summed E-state index contributed by atoms with van der Waals surface area (Å²) in [6, 6.07) is 9.64. The second kappa shape index (κ2) is 11.4. The van der Waals surface area contributed by atoms with Crippen molar-refractivity contribution < 1.29 is 9.90 Å². The molecule has 1 aromatic carbocycles. The summed E-state index contributed by atoms with van der Waals surface area (Å²) < 4.78 is 0. The van der Waals surface area contributed by atoms with Crippen LogP contribution in [0.3, 0.4) is 0 Å². The number of aromatic nitrogens is 3. The van der Waals surface area contributed by atoms with Crippen LogP contribution in [0.1, 0.15) is 24.3 Å². The Balaban J connectivity index is 1.57. The van der Waals surface area contributed by atoms with E-state index in [0.717, 1.165) is 16.6 Å². The van der Waals surface area contributed by atoms with Crippen LogP contribution in [0, 0.1) is 17.4 Å². The SMILES string of the molecule is CC(C)C1CN(c2cnc(C(=O)NCCO)cn2)CCN1C(=Nc1cccc2ncccc12)NC#N. The molecule has 186 valence electrons. The largest absolute Gasteiger partial charge is 0.395 e. The summed E-state index contributed by atoms with van der Waals surface area (Å²) in [7, 11) is 0. The number of aliphatic hydroxyl groups excluding tert-OH is 1. The number of hydrogen-bond acceptors (Lipinski definition) is 8. The summed E-state index contributed by atoms with van der Waals surface area (Å²) in [6.45, 7) is 6.18. The van der Waals surface area contributed by atoms with E-state index < -0.39 is 0 Å². The molecule has 11 nitrogen and oxygen atoms in total. The van der Waals surface area contributed by atoms with Crippen molar-refractivity contribution in [2.75, 3.05) is 37.7 Å². The van der Waals surface area contributed by atoms with E-state index in [-0.39, 0.29) is 36.7 Å². The third-order valence-electron chi connectivity index (χ3n) is 6.07. The second-order valence-electron chi connectivity index (χ2n) is 8.71. The molecule has 1 aliphatic heterocycles. The maximum Gasteiger partial charge on any atom is 0.271 e. The van der Waals surface area contributed by atoms with Crippen LogP contribution in [0.15, 0.2) is 53.9 Å². The van der Waals surface area contributed by atoms with Crippen LogP contribution in [0.25, 0.3) is 10.9 Å². The monoisotopic (exact) mass is 487 g/mol. The number of aliphatic imine (C=N–C) groups is 1. The first-order chi connectivity index (χ1) is 17.5. The zero-order chi connectivity index (χ0) is 25.5. The number of nitrogens with zero attached hydrogens (tertiary/aromatic N) is 7. The van der Waals surface area contributed by atoms with Crippen LogP contribution in [0.5, 0.6) is 0 Å². The first-order valence-corrected chi connectivity index (χ1v) is 11.8. The number of guanidine groups is 1. The number of carbonyl (C=O) groups is 1. The van der Waals surface area contributed by atoms with Crippen molar-refractivity contribution in [3.63, 3.8) is 0 Å². The molecule has 3 N–H and O–H groups in total. The fourth-order valence-electron chi connectivity index (χ4n) is 4.23. The molecule has 1 aliphatic rings. The highest BCUT2D eigenvalue weighted by Crippen LogP contribution is 2.26. The standard InChI is InChI=1S/C25H29N9O2/c1-17(2)22-15-33(23-14-29-21(13-30-23)24(36)28-9-12-35)10-11-34(22)25(31-16-26)32-20-7-3-6-19-18(20)5-4-8-27-19/h3-8,13-14,17,22,35H,9-12,15H2,1-2H3,(H,28,36)(H,31,32). The number of rotatable bonds is 6. The first-order valence-electron chi connectivity index (χ1n) is 11.8. The van der Waals surface area contributed by atoms with Crippen molar-refractivity contribution in [3.05, 3.63) is 54.6 Å². The third-order valence-corrected chi connectivity index (χ3v) is 6.07. The number of carbonyl (C=O) groups excluding carboxylic acids is 1. The summed E-state index contributed by atoms with van der Waals surface area (Å²) in [5, 5.41) is 24.6. The highest BCUT2D eigenvalue weighted by Gasteiger charge is 2.32. The van der Waals surface area contributed by atoms with E-state index in [0.29, 0.717) is 31.4 Å². The van der Waals surface area contributed by atoms with Crippen molar-refractivity contribution in [1.29, 1.82) is 5.26 Å². The van der Waals surface area contributed by atoms with Crippen LogP contribution in [-0.2, 0) is 0 Å². The summed E-state index contributed by atoms with van der Waals surface area (Å²) in [5.41, 5.74) is 1.78. The molecular weight excluding hydrogens is 458 g/mol. The molecule has 3 aromatic rings. The quantitative estimate of drug-likeness (QED) is 0.205. The predicted octanol–water partition coefficient (Wildman–Crippen LogP) is 1.65. The van der Waals surface area contributed by atoms with Gasteiger partial charge >= 0.3 is 0 Å². The molecule has 0 saturated carbocycles. The molecule has 2 aromatic heterocycles. The van der Waals surface area contributed by atoms with E-state index >= 15 is 0 Å². The molecule has 11 heteroatoms. The summed E-state index contributed by atoms with van der Waals surface area (Å²) in [5.74, 6) is 1.05. The number of nitrogens with one attached hydrogen (secondary N) is 2. The summed E-state index contributed by atoms with van der Waals surface area (Å²) in [6.07, 6.45) is 6.82. The number of hydrogen-bond donors (Lipinski definition) is 3. The van der Waals surface area contributed by atoms with Crippen LogP contribution in [0.4, 0.5) is 11.5 Å². The van der Waals surface area contributed by atoms with Gasteiger partial charge in [-0.2, -0.15) is 5.26 Å². The fraction of sp³-hybridized carbons (Fsp3) is 0.360. The normalized spacial score (nSPS) is 16.2. The summed E-state index contributed by atoms with van der Waals surface area (Å²) in [4.78, 5) is 34.2. The predicted molar refractivity (Wildman–Crippen MR) is 137 cm³/mol. The van der Waals surface area contributed by atoms with E-state index in [1.54, 1.807) is 12.4 Å². The number of aliphatic hydroxyl groups is 1. The number of pyridine rings is 1. The Hall–Kier alpha value is -4.30. The average Bonchev–Trinajstić information content (AvgIpc) is 2.91. The van der Waals surface area contributed by atoms with Gasteiger partial charge in [-0.3, -0.25) is 15.1 Å². The lowest BCUT2D eigenvalue weighted by atomic mass is 10.00. The van der Waals surface area contributed by atoms with E-state index in [2.05, 4.69) is 49.2 Å². The molecule has 3 heterocycles. The Morgan fingerprint density at radius 3 is 2.81 bits per heavy atom. The van der Waals surface area contributed by atoms with Gasteiger partial charge in [0.25, 0.3) is 5.91 Å². The Labute approximate surface area is 209 Å². The smallest absolute Gasteiger partial charge is 0.271 e. The van der Waals surface area contributed by atoms with Crippen molar-refractivity contribution in [2.45, 2.75) is 19.9 Å². The van der Waals surface area contributed by atoms with Crippen LogP contribution in [-0.4, -0.2) is 75.7 Å². The molecule has 0 radical (unpaired) electrons. The molecule has 0 aliphatic carbocycles. The minimum Gasteiger partial charge on any atom is -0.395 e. The Morgan fingerprint density at radius 1 is 1.22 bits per heavy atom. The first kappa shape index (κ1) is 24.8. The van der Waals surface area contributed by atoms with Crippen molar-refractivity contribution >= 4 is 34.3 Å². The molecule has 0 bridgehead atoms. The lowest BCUT2D eigenvalue weighted by Crippen LogP contribution is -2.59. The van der Waals surface area contributed by atoms with Gasteiger partial charge < -0.3 is 20.2 Å². The van der Waals surface area contributed by atoms with Crippen molar-refractivity contribution in [2.24, 2.45) is 10.9 Å². The highest BCUT2D eigenvalue weighted by atomic mass is 16.3. The Bertz CT molecular complexity index is 1270. The van der Waals surface area contributed by atoms with E-state index in [9.17, 15) is 10.1 Å². The zero-order valence-corrected chi connectivity index (χ0v) is 20.3. The van der Waals surface area contributed by atoms with E-state index in [1.165, 1.54) is 6.20 Å². The van der Waals surface area contributed by atoms with E-state index in [1.807, 2.05) is 36.5 Å². The van der Waals surface area contributed by atoms with Gasteiger partial charge in [-0.15, -0.1) is 0 Å². The molecule has 1 atom stereocenters. The number of benzene rings is 1. The minimum absolute atomic E-state index is 0.0424. The van der Waals surface area contributed by atoms with Crippen LogP contribution in [0.2, 0.25) is 0 Å². The topological polar surface area (TPSA) is 143 Å². The number of fused-ring (bicyclic) bond motifs is 1. The maximum atomic E-state index is 12.0. The molecule has 0 spiro atoms. The van der Waals surface area contributed by atoms with Crippen LogP contribution < -0.4 is 15.5 Å². The minimum atomic E-state index is -0.375. The molecule has 1 amide bonds. The van der Waals surface area contributed by atoms with Crippen LogP contribution >= 0.6 is 0 Å². The Morgan fingerprint density at radius 2 is 2.08 bits per heavy atom. The number of amides is 1. The Kier molecular flexibility index (Phi) is 7.87. The molecule has 1 fully saturated rings. The van der Waals surface area contributed by atoms with Gasteiger partial charge in [0.1, 0.15) is 11.5 Å². The molecule has 1 saturated heterocycles. The molecule has 1 unspecified atom stereocenters. The average molecular weight is 488 g/mol. The number of nitriles is 1. The lowest BCUT2D eigenvalue weighted by molar-refractivity contribution is 0.0939. The highest BCUT2D eigenvalue weighted by molar-refractivity contribution is 5.94. The third kappa shape index (κ3) is 5.50. The van der Waals surface area contributed by atoms with Gasteiger partial charge in [-0.05, 0) is 30.2 Å². The van der Waals surface area contributed by atoms with Gasteiger partial charge in [0, 0.05) is 37.8 Å². The lowest BCUT2D eigenvalue weighted by Gasteiger charge is -2.44. The maximum absolute atomic E-state index is 12.0. The van der Waals surface area contributed by atoms with Crippen molar-refractivity contribution in [3.8, 4) is 6.19 Å². The van der Waals surface area contributed by atoms with Gasteiger partial charge in [0.15, 0.2) is 6.19 Å². The summed E-state index contributed by atoms with van der Waals surface area (Å²) >= 11 is 0. The zero-order valence-electron chi connectivity index (χ0n) is 20.3. The molecule has 4 rings (SSSR count). The van der Waals surface area contributed by atoms with Gasteiger partial charge in [-0.25, -0.2) is 15.0 Å². The fourth-order valence-corrected chi connectivity index (χ4v) is 4.23. The number of piperazine rings is 1. The second-order valence-corrected chi connectivity index (χ2v) is 8.71. The van der Waals surface area contributed by atoms with Gasteiger partial charge in [0.05, 0.1) is 36.2 Å². The number of anilines is 1. The van der Waals surface area contributed by atoms with Crippen molar-refractivity contribution in [1.82, 2.24) is 30.5 Å². The molecule has 36 heavy (non-hydrogen) atoms. The van der Waals surface area contributed by atoms with Gasteiger partial charge in [0.2, 0.25) is 5.96 Å². The van der Waals surface area contributed by atoms with Gasteiger partial charge in [-0.1, -0.05) is 19.9 Å².